The van der Waals surface area contributed by atoms with Crippen molar-refractivity contribution in [2.24, 2.45) is 0 Å². The van der Waals surface area contributed by atoms with Gasteiger partial charge in [-0.15, -0.1) is 0 Å². The molecule has 0 saturated heterocycles. The monoisotopic (exact) mass is 284 g/mol. The summed E-state index contributed by atoms with van der Waals surface area (Å²) in [5.74, 6) is -0.734. The normalized spacial score (nSPS) is 13.8. The van der Waals surface area contributed by atoms with Crippen molar-refractivity contribution in [2.45, 2.75) is 45.2 Å². The lowest BCUT2D eigenvalue weighted by atomic mass is 9.87. The molecule has 20 heavy (non-hydrogen) atoms. The maximum absolute atomic E-state index is 13.8. The third kappa shape index (κ3) is 4.25. The first-order valence-electron chi connectivity index (χ1n) is 7.13. The molecule has 1 unspecified atom stereocenters. The van der Waals surface area contributed by atoms with Crippen molar-refractivity contribution >= 4 is 0 Å². The number of benzene rings is 1. The summed E-state index contributed by atoms with van der Waals surface area (Å²) in [4.78, 5) is 2.11. The zero-order valence-corrected chi connectivity index (χ0v) is 13.1. The van der Waals surface area contributed by atoms with Crippen molar-refractivity contribution in [3.8, 4) is 0 Å². The van der Waals surface area contributed by atoms with Gasteiger partial charge >= 0.3 is 0 Å². The maximum atomic E-state index is 13.8. The third-order valence-corrected chi connectivity index (χ3v) is 4.08. The van der Waals surface area contributed by atoms with E-state index in [1.807, 2.05) is 14.1 Å². The van der Waals surface area contributed by atoms with E-state index in [1.54, 1.807) is 0 Å². The summed E-state index contributed by atoms with van der Waals surface area (Å²) in [6.07, 6.45) is 1.47. The van der Waals surface area contributed by atoms with E-state index >= 15 is 0 Å². The second kappa shape index (κ2) is 7.14. The molecule has 0 saturated carbocycles. The standard InChI is InChI=1S/C16H26F2N2/c1-6-9-19-15(16(2,3)20(4)5)11-12-10-13(17)7-8-14(12)18/h7-8,10,15,19H,6,9,11H2,1-5H3. The van der Waals surface area contributed by atoms with Crippen molar-refractivity contribution in [1.29, 1.82) is 0 Å². The molecule has 0 bridgehead atoms. The molecule has 0 heterocycles. The highest BCUT2D eigenvalue weighted by molar-refractivity contribution is 5.21. The average Bonchev–Trinajstić information content (AvgIpc) is 2.38. The zero-order chi connectivity index (χ0) is 15.3. The van der Waals surface area contributed by atoms with Crippen LogP contribution in [0.15, 0.2) is 18.2 Å². The second-order valence-corrected chi connectivity index (χ2v) is 5.99. The Morgan fingerprint density at radius 2 is 1.90 bits per heavy atom. The third-order valence-electron chi connectivity index (χ3n) is 4.08. The molecule has 4 heteroatoms. The largest absolute Gasteiger partial charge is 0.312 e. The number of halogens is 2. The molecular weight excluding hydrogens is 258 g/mol. The first kappa shape index (κ1) is 17.1. The highest BCUT2D eigenvalue weighted by Gasteiger charge is 2.31. The van der Waals surface area contributed by atoms with Gasteiger partial charge in [-0.3, -0.25) is 0 Å². The van der Waals surface area contributed by atoms with Crippen LogP contribution in [0.1, 0.15) is 32.8 Å². The van der Waals surface area contributed by atoms with Gasteiger partial charge in [-0.05, 0) is 71.1 Å². The fraction of sp³-hybridized carbons (Fsp3) is 0.625. The number of rotatable bonds is 7. The topological polar surface area (TPSA) is 15.3 Å². The first-order valence-corrected chi connectivity index (χ1v) is 7.13. The number of hydrogen-bond acceptors (Lipinski definition) is 2. The molecule has 0 aliphatic carbocycles. The van der Waals surface area contributed by atoms with E-state index in [0.29, 0.717) is 12.0 Å². The minimum atomic E-state index is -0.390. The summed E-state index contributed by atoms with van der Waals surface area (Å²) in [5.41, 5.74) is 0.266. The Bertz CT molecular complexity index is 430. The Kier molecular flexibility index (Phi) is 6.08. The van der Waals surface area contributed by atoms with Gasteiger partial charge in [-0.25, -0.2) is 8.78 Å². The van der Waals surface area contributed by atoms with E-state index in [1.165, 1.54) is 12.1 Å². The van der Waals surface area contributed by atoms with Crippen LogP contribution >= 0.6 is 0 Å². The molecule has 0 aliphatic heterocycles. The minimum Gasteiger partial charge on any atom is -0.312 e. The smallest absolute Gasteiger partial charge is 0.126 e. The van der Waals surface area contributed by atoms with Gasteiger partial charge in [-0.2, -0.15) is 0 Å². The van der Waals surface area contributed by atoms with E-state index in [9.17, 15) is 8.78 Å². The SMILES string of the molecule is CCCNC(Cc1cc(F)ccc1F)C(C)(C)N(C)C. The lowest BCUT2D eigenvalue weighted by Crippen LogP contribution is -2.56. The van der Waals surface area contributed by atoms with Crippen LogP contribution < -0.4 is 5.32 Å². The molecule has 1 aromatic carbocycles. The van der Waals surface area contributed by atoms with Gasteiger partial charge in [0.15, 0.2) is 0 Å². The molecule has 2 nitrogen and oxygen atoms in total. The van der Waals surface area contributed by atoms with Crippen LogP contribution in [0.5, 0.6) is 0 Å². The molecule has 1 N–H and O–H groups in total. The van der Waals surface area contributed by atoms with Gasteiger partial charge in [0.1, 0.15) is 11.6 Å². The Balaban J connectivity index is 2.97. The Labute approximate surface area is 121 Å². The highest BCUT2D eigenvalue weighted by Crippen LogP contribution is 2.21. The molecule has 0 fully saturated rings. The molecule has 0 radical (unpaired) electrons. The Hall–Kier alpha value is -1.00. The van der Waals surface area contributed by atoms with Crippen molar-refractivity contribution in [1.82, 2.24) is 10.2 Å². The average molecular weight is 284 g/mol. The van der Waals surface area contributed by atoms with Crippen molar-refractivity contribution in [3.05, 3.63) is 35.4 Å². The van der Waals surface area contributed by atoms with Crippen molar-refractivity contribution < 1.29 is 8.78 Å². The summed E-state index contributed by atoms with van der Waals surface area (Å²) in [6.45, 7) is 7.17. The van der Waals surface area contributed by atoms with Gasteiger partial charge < -0.3 is 10.2 Å². The maximum Gasteiger partial charge on any atom is 0.126 e. The van der Waals surface area contributed by atoms with Crippen LogP contribution in [0.2, 0.25) is 0 Å². The van der Waals surface area contributed by atoms with E-state index in [4.69, 9.17) is 0 Å². The number of likely N-dealkylation sites (N-methyl/N-ethyl adjacent to an activating group) is 1. The number of nitrogens with one attached hydrogen (secondary N) is 1. The van der Waals surface area contributed by atoms with E-state index in [0.717, 1.165) is 19.0 Å². The van der Waals surface area contributed by atoms with E-state index in [2.05, 4.69) is 31.0 Å². The zero-order valence-electron chi connectivity index (χ0n) is 13.1. The molecule has 0 spiro atoms. The molecule has 114 valence electrons. The molecule has 0 amide bonds. The van der Waals surface area contributed by atoms with Crippen molar-refractivity contribution in [2.75, 3.05) is 20.6 Å². The lowest BCUT2D eigenvalue weighted by Gasteiger charge is -2.41. The van der Waals surface area contributed by atoms with Crippen LogP contribution in [0.4, 0.5) is 8.78 Å². The molecule has 0 aromatic heterocycles. The fourth-order valence-corrected chi connectivity index (χ4v) is 2.12. The summed E-state index contributed by atoms with van der Waals surface area (Å²) in [6, 6.07) is 3.70. The van der Waals surface area contributed by atoms with Gasteiger partial charge in [0.2, 0.25) is 0 Å². The summed E-state index contributed by atoms with van der Waals surface area (Å²) in [7, 11) is 4.01. The molecule has 1 rings (SSSR count). The number of nitrogens with zero attached hydrogens (tertiary/aromatic N) is 1. The van der Waals surface area contributed by atoms with E-state index < -0.39 is 5.82 Å². The number of hydrogen-bond donors (Lipinski definition) is 1. The lowest BCUT2D eigenvalue weighted by molar-refractivity contribution is 0.136. The highest BCUT2D eigenvalue weighted by atomic mass is 19.1. The Morgan fingerprint density at radius 1 is 1.25 bits per heavy atom. The summed E-state index contributed by atoms with van der Waals surface area (Å²) < 4.78 is 27.1. The van der Waals surface area contributed by atoms with Crippen LogP contribution in [0.3, 0.4) is 0 Å². The van der Waals surface area contributed by atoms with Crippen LogP contribution in [0, 0.1) is 11.6 Å². The molecule has 1 aromatic rings. The fourth-order valence-electron chi connectivity index (χ4n) is 2.12. The summed E-state index contributed by atoms with van der Waals surface area (Å²) >= 11 is 0. The van der Waals surface area contributed by atoms with Gasteiger partial charge in [-0.1, -0.05) is 6.92 Å². The second-order valence-electron chi connectivity index (χ2n) is 5.99. The van der Waals surface area contributed by atoms with Gasteiger partial charge in [0, 0.05) is 11.6 Å². The van der Waals surface area contributed by atoms with Crippen LogP contribution in [-0.2, 0) is 6.42 Å². The van der Waals surface area contributed by atoms with Crippen LogP contribution in [-0.4, -0.2) is 37.1 Å². The van der Waals surface area contributed by atoms with Crippen LogP contribution in [0.25, 0.3) is 0 Å². The molecule has 0 aliphatic rings. The molecular formula is C16H26F2N2. The Morgan fingerprint density at radius 3 is 2.45 bits per heavy atom. The molecule has 1 atom stereocenters. The summed E-state index contributed by atoms with van der Waals surface area (Å²) in [5, 5.41) is 3.46. The quantitative estimate of drug-likeness (QED) is 0.827. The van der Waals surface area contributed by atoms with Crippen molar-refractivity contribution in [3.63, 3.8) is 0 Å². The predicted octanol–water partition coefficient (Wildman–Crippen LogP) is 3.22. The predicted molar refractivity (Wildman–Crippen MR) is 79.9 cm³/mol. The van der Waals surface area contributed by atoms with Gasteiger partial charge in [0.25, 0.3) is 0 Å². The van der Waals surface area contributed by atoms with Gasteiger partial charge in [0.05, 0.1) is 0 Å². The first-order chi connectivity index (χ1) is 9.28. The minimum absolute atomic E-state index is 0.0498. The van der Waals surface area contributed by atoms with E-state index in [-0.39, 0.29) is 17.4 Å².